The first-order valence-corrected chi connectivity index (χ1v) is 4.97. The van der Waals surface area contributed by atoms with Crippen LogP contribution in [0.2, 0.25) is 0 Å². The second-order valence-corrected chi connectivity index (χ2v) is 4.00. The lowest BCUT2D eigenvalue weighted by molar-refractivity contribution is 0.924. The normalized spacial score (nSPS) is 24.3. The molecule has 1 saturated carbocycles. The molecular weight excluding hydrogens is 192 g/mol. The van der Waals surface area contributed by atoms with Crippen molar-refractivity contribution >= 4 is 22.9 Å². The number of nitrogens with one attached hydrogen (secondary N) is 2. The molecule has 1 aliphatic rings. The molecule has 6 heteroatoms. The van der Waals surface area contributed by atoms with Crippen molar-refractivity contribution in [2.75, 3.05) is 11.1 Å². The van der Waals surface area contributed by atoms with Crippen LogP contribution in [-0.4, -0.2) is 26.0 Å². The number of aromatic amines is 1. The van der Waals surface area contributed by atoms with E-state index in [4.69, 9.17) is 5.73 Å². The smallest absolute Gasteiger partial charge is 0.224 e. The topological polar surface area (TPSA) is 92.5 Å². The van der Waals surface area contributed by atoms with Crippen LogP contribution in [0.25, 0.3) is 11.2 Å². The van der Waals surface area contributed by atoms with Crippen molar-refractivity contribution in [1.82, 2.24) is 19.9 Å². The summed E-state index contributed by atoms with van der Waals surface area (Å²) in [4.78, 5) is 15.3. The Labute approximate surface area is 86.3 Å². The summed E-state index contributed by atoms with van der Waals surface area (Å²) in [5, 5.41) is 3.33. The number of aromatic nitrogens is 4. The van der Waals surface area contributed by atoms with Gasteiger partial charge in [0.15, 0.2) is 11.5 Å². The van der Waals surface area contributed by atoms with Crippen molar-refractivity contribution in [2.45, 2.75) is 19.4 Å². The molecule has 2 aromatic rings. The lowest BCUT2D eigenvalue weighted by atomic mass is 10.4. The van der Waals surface area contributed by atoms with Crippen LogP contribution in [0, 0.1) is 5.92 Å². The van der Waals surface area contributed by atoms with E-state index in [0.29, 0.717) is 17.6 Å². The van der Waals surface area contributed by atoms with Crippen LogP contribution in [0.1, 0.15) is 13.3 Å². The quantitative estimate of drug-likeness (QED) is 0.671. The number of fused-ring (bicyclic) bond motifs is 1. The number of nitrogen functional groups attached to an aromatic ring is 1. The van der Waals surface area contributed by atoms with Crippen molar-refractivity contribution in [3.8, 4) is 0 Å². The summed E-state index contributed by atoms with van der Waals surface area (Å²) < 4.78 is 0. The molecule has 0 aromatic carbocycles. The third-order valence-corrected chi connectivity index (χ3v) is 2.73. The Morgan fingerprint density at radius 3 is 3.07 bits per heavy atom. The van der Waals surface area contributed by atoms with Gasteiger partial charge in [-0.1, -0.05) is 6.92 Å². The van der Waals surface area contributed by atoms with E-state index in [1.54, 1.807) is 6.33 Å². The van der Waals surface area contributed by atoms with Crippen LogP contribution in [-0.2, 0) is 0 Å². The molecule has 0 saturated heterocycles. The Bertz CT molecular complexity index is 504. The number of nitrogens with two attached hydrogens (primary N) is 1. The molecule has 0 aliphatic heterocycles. The van der Waals surface area contributed by atoms with Crippen LogP contribution in [0.3, 0.4) is 0 Å². The first-order chi connectivity index (χ1) is 7.24. The van der Waals surface area contributed by atoms with Crippen LogP contribution in [0.5, 0.6) is 0 Å². The minimum atomic E-state index is 0.255. The maximum absolute atomic E-state index is 5.60. The summed E-state index contributed by atoms with van der Waals surface area (Å²) in [6.45, 7) is 2.20. The van der Waals surface area contributed by atoms with Crippen LogP contribution in [0.15, 0.2) is 6.33 Å². The maximum atomic E-state index is 5.60. The summed E-state index contributed by atoms with van der Waals surface area (Å²) >= 11 is 0. The average molecular weight is 204 g/mol. The van der Waals surface area contributed by atoms with Gasteiger partial charge in [-0.3, -0.25) is 0 Å². The van der Waals surface area contributed by atoms with Gasteiger partial charge in [0.25, 0.3) is 0 Å². The van der Waals surface area contributed by atoms with Gasteiger partial charge >= 0.3 is 0 Å². The molecule has 0 radical (unpaired) electrons. The number of anilines is 2. The highest BCUT2D eigenvalue weighted by Gasteiger charge is 2.33. The fraction of sp³-hybridized carbons (Fsp3) is 0.444. The van der Waals surface area contributed by atoms with E-state index in [1.807, 2.05) is 0 Å². The van der Waals surface area contributed by atoms with Gasteiger partial charge in [0.1, 0.15) is 5.52 Å². The highest BCUT2D eigenvalue weighted by atomic mass is 15.2. The zero-order valence-electron chi connectivity index (χ0n) is 8.36. The number of hydrogen-bond donors (Lipinski definition) is 3. The molecule has 3 rings (SSSR count). The van der Waals surface area contributed by atoms with Crippen molar-refractivity contribution in [2.24, 2.45) is 5.92 Å². The molecule has 2 unspecified atom stereocenters. The van der Waals surface area contributed by atoms with Gasteiger partial charge < -0.3 is 16.0 Å². The van der Waals surface area contributed by atoms with E-state index in [2.05, 4.69) is 32.2 Å². The van der Waals surface area contributed by atoms with Crippen molar-refractivity contribution < 1.29 is 0 Å². The fourth-order valence-corrected chi connectivity index (χ4v) is 1.65. The molecule has 2 aromatic heterocycles. The third-order valence-electron chi connectivity index (χ3n) is 2.73. The van der Waals surface area contributed by atoms with Gasteiger partial charge in [-0.05, 0) is 12.3 Å². The number of hydrogen-bond acceptors (Lipinski definition) is 5. The van der Waals surface area contributed by atoms with Gasteiger partial charge in [-0.15, -0.1) is 0 Å². The molecule has 1 fully saturated rings. The number of nitrogens with zero attached hydrogens (tertiary/aromatic N) is 3. The molecule has 15 heavy (non-hydrogen) atoms. The number of rotatable bonds is 2. The molecule has 6 nitrogen and oxygen atoms in total. The van der Waals surface area contributed by atoms with Crippen LogP contribution >= 0.6 is 0 Å². The predicted molar refractivity (Wildman–Crippen MR) is 57.3 cm³/mol. The standard InChI is InChI=1S/C9H12N6/c1-4-2-5(4)13-8-6-7(12-3-11-6)14-9(10)15-8/h3-5H,2H2,1H3,(H4,10,11,12,13,14,15). The third kappa shape index (κ3) is 1.38. The molecule has 78 valence electrons. The van der Waals surface area contributed by atoms with E-state index < -0.39 is 0 Å². The lowest BCUT2D eigenvalue weighted by Crippen LogP contribution is -2.08. The van der Waals surface area contributed by atoms with Gasteiger partial charge in [0, 0.05) is 6.04 Å². The van der Waals surface area contributed by atoms with Crippen molar-refractivity contribution in [1.29, 1.82) is 0 Å². The van der Waals surface area contributed by atoms with Gasteiger partial charge in [0.05, 0.1) is 6.33 Å². The highest BCUT2D eigenvalue weighted by Crippen LogP contribution is 2.33. The monoisotopic (exact) mass is 204 g/mol. The second kappa shape index (κ2) is 2.82. The molecule has 4 N–H and O–H groups in total. The first kappa shape index (κ1) is 8.46. The Hall–Kier alpha value is -1.85. The molecule has 1 aliphatic carbocycles. The van der Waals surface area contributed by atoms with Crippen LogP contribution < -0.4 is 11.1 Å². The van der Waals surface area contributed by atoms with E-state index in [1.165, 1.54) is 6.42 Å². The van der Waals surface area contributed by atoms with Crippen molar-refractivity contribution in [3.63, 3.8) is 0 Å². The van der Waals surface area contributed by atoms with E-state index in [9.17, 15) is 0 Å². The predicted octanol–water partition coefficient (Wildman–Crippen LogP) is 0.755. The Balaban J connectivity index is 2.03. The summed E-state index contributed by atoms with van der Waals surface area (Å²) in [6, 6.07) is 0.505. The second-order valence-electron chi connectivity index (χ2n) is 4.00. The summed E-state index contributed by atoms with van der Waals surface area (Å²) in [5.74, 6) is 1.72. The summed E-state index contributed by atoms with van der Waals surface area (Å²) in [7, 11) is 0. The lowest BCUT2D eigenvalue weighted by Gasteiger charge is -2.05. The summed E-state index contributed by atoms with van der Waals surface area (Å²) in [5.41, 5.74) is 7.03. The zero-order chi connectivity index (χ0) is 10.4. The minimum Gasteiger partial charge on any atom is -0.368 e. The van der Waals surface area contributed by atoms with E-state index >= 15 is 0 Å². The highest BCUT2D eigenvalue weighted by molar-refractivity contribution is 5.83. The van der Waals surface area contributed by atoms with Crippen molar-refractivity contribution in [3.05, 3.63) is 6.33 Å². The average Bonchev–Trinajstić information content (AvgIpc) is 2.71. The largest absolute Gasteiger partial charge is 0.368 e. The minimum absolute atomic E-state index is 0.255. The molecule has 2 atom stereocenters. The van der Waals surface area contributed by atoms with Gasteiger partial charge in [-0.2, -0.15) is 9.97 Å². The maximum Gasteiger partial charge on any atom is 0.224 e. The van der Waals surface area contributed by atoms with E-state index in [-0.39, 0.29) is 5.95 Å². The van der Waals surface area contributed by atoms with Crippen LogP contribution in [0.4, 0.5) is 11.8 Å². The van der Waals surface area contributed by atoms with E-state index in [0.717, 1.165) is 11.3 Å². The summed E-state index contributed by atoms with van der Waals surface area (Å²) in [6.07, 6.45) is 2.78. The molecule has 2 heterocycles. The number of H-pyrrole nitrogens is 1. The van der Waals surface area contributed by atoms with Gasteiger partial charge in [-0.25, -0.2) is 4.98 Å². The molecule has 0 bridgehead atoms. The Kier molecular flexibility index (Phi) is 1.59. The zero-order valence-corrected chi connectivity index (χ0v) is 8.36. The number of imidazole rings is 1. The Morgan fingerprint density at radius 1 is 1.53 bits per heavy atom. The first-order valence-electron chi connectivity index (χ1n) is 4.97. The van der Waals surface area contributed by atoms with Gasteiger partial charge in [0.2, 0.25) is 5.95 Å². The Morgan fingerprint density at radius 2 is 2.33 bits per heavy atom. The molecular formula is C9H12N6. The SMILES string of the molecule is CC1CC1Nc1nc(N)nc2nc[nH]c12. The fourth-order valence-electron chi connectivity index (χ4n) is 1.65. The molecule has 0 amide bonds. The molecule has 0 spiro atoms.